The van der Waals surface area contributed by atoms with Crippen LogP contribution in [0.4, 0.5) is 0 Å². The molecule has 0 bridgehead atoms. The van der Waals surface area contributed by atoms with Gasteiger partial charge in [-0.25, -0.2) is 13.4 Å². The van der Waals surface area contributed by atoms with Crippen LogP contribution in [0, 0.1) is 6.92 Å². The Morgan fingerprint density at radius 2 is 2.28 bits per heavy atom. The van der Waals surface area contributed by atoms with Crippen LogP contribution in [0.2, 0.25) is 0 Å². The summed E-state index contributed by atoms with van der Waals surface area (Å²) in [5.41, 5.74) is 3.75. The van der Waals surface area contributed by atoms with Gasteiger partial charge in [-0.2, -0.15) is 0 Å². The number of hydrogen-bond donors (Lipinski definition) is 2. The van der Waals surface area contributed by atoms with E-state index in [1.54, 1.807) is 18.3 Å². The van der Waals surface area contributed by atoms with Gasteiger partial charge in [-0.05, 0) is 19.8 Å². The van der Waals surface area contributed by atoms with Crippen molar-refractivity contribution in [3.8, 4) is 0 Å². The van der Waals surface area contributed by atoms with Gasteiger partial charge in [0.2, 0.25) is 0 Å². The quantitative estimate of drug-likeness (QED) is 0.552. The normalized spacial score (nSPS) is 13.7. The number of nitrogens with zero attached hydrogens (tertiary/aromatic N) is 1. The molecular weight excluding hydrogens is 270 g/mol. The molecule has 0 aromatic carbocycles. The van der Waals surface area contributed by atoms with Crippen LogP contribution in [0.15, 0.2) is 5.38 Å². The van der Waals surface area contributed by atoms with E-state index in [1.165, 1.54) is 0 Å². The van der Waals surface area contributed by atoms with Gasteiger partial charge in [-0.3, -0.25) is 11.3 Å². The molecule has 104 valence electrons. The SMILES string of the molecule is CCS(=O)(=O)CCCC(Cc1csc(C)n1)NN. The third-order valence-electron chi connectivity index (χ3n) is 2.81. The summed E-state index contributed by atoms with van der Waals surface area (Å²) in [5.74, 6) is 5.93. The van der Waals surface area contributed by atoms with Crippen LogP contribution in [0.5, 0.6) is 0 Å². The average Bonchev–Trinajstić information content (AvgIpc) is 2.73. The zero-order valence-corrected chi connectivity index (χ0v) is 12.5. The Morgan fingerprint density at radius 1 is 1.56 bits per heavy atom. The van der Waals surface area contributed by atoms with Crippen LogP contribution >= 0.6 is 11.3 Å². The van der Waals surface area contributed by atoms with Gasteiger partial charge in [0.05, 0.1) is 16.5 Å². The first-order valence-corrected chi connectivity index (χ1v) is 8.74. The highest BCUT2D eigenvalue weighted by atomic mass is 32.2. The molecule has 0 fully saturated rings. The predicted molar refractivity (Wildman–Crippen MR) is 75.2 cm³/mol. The second-order valence-corrected chi connectivity index (χ2v) is 7.84. The predicted octanol–water partition coefficient (Wildman–Crippen LogP) is 1.04. The summed E-state index contributed by atoms with van der Waals surface area (Å²) in [6, 6.07) is 0.0820. The molecule has 0 aliphatic rings. The summed E-state index contributed by atoms with van der Waals surface area (Å²) in [5, 5.41) is 3.05. The zero-order valence-electron chi connectivity index (χ0n) is 10.8. The molecule has 1 aromatic heterocycles. The third kappa shape index (κ3) is 5.43. The number of nitrogens with one attached hydrogen (secondary N) is 1. The van der Waals surface area contributed by atoms with Gasteiger partial charge in [0.1, 0.15) is 9.84 Å². The van der Waals surface area contributed by atoms with Crippen molar-refractivity contribution in [2.75, 3.05) is 11.5 Å². The van der Waals surface area contributed by atoms with Gasteiger partial charge >= 0.3 is 0 Å². The van der Waals surface area contributed by atoms with E-state index in [9.17, 15) is 8.42 Å². The molecule has 0 aliphatic carbocycles. The second kappa shape index (κ2) is 7.18. The lowest BCUT2D eigenvalue weighted by Gasteiger charge is -2.14. The topological polar surface area (TPSA) is 85.1 Å². The number of aryl methyl sites for hydroxylation is 1. The van der Waals surface area contributed by atoms with Crippen LogP contribution in [0.25, 0.3) is 0 Å². The van der Waals surface area contributed by atoms with Crippen molar-refractivity contribution in [3.05, 3.63) is 16.1 Å². The number of aromatic nitrogens is 1. The fourth-order valence-electron chi connectivity index (χ4n) is 1.69. The van der Waals surface area contributed by atoms with Crippen molar-refractivity contribution in [2.24, 2.45) is 5.84 Å². The first kappa shape index (κ1) is 15.6. The molecule has 1 atom stereocenters. The fraction of sp³-hybridized carbons (Fsp3) is 0.727. The highest BCUT2D eigenvalue weighted by Gasteiger charge is 2.12. The van der Waals surface area contributed by atoms with Crippen molar-refractivity contribution in [2.45, 2.75) is 39.2 Å². The first-order valence-electron chi connectivity index (χ1n) is 6.04. The zero-order chi connectivity index (χ0) is 13.6. The number of hydrazine groups is 1. The van der Waals surface area contributed by atoms with Crippen molar-refractivity contribution >= 4 is 21.2 Å². The van der Waals surface area contributed by atoms with Crippen LogP contribution in [0.3, 0.4) is 0 Å². The maximum atomic E-state index is 11.4. The average molecular weight is 291 g/mol. The summed E-state index contributed by atoms with van der Waals surface area (Å²) >= 11 is 1.61. The standard InChI is InChI=1S/C11H21N3O2S2/c1-3-18(15,16)6-4-5-10(14-12)7-11-8-17-9(2)13-11/h8,10,14H,3-7,12H2,1-2H3. The minimum Gasteiger partial charge on any atom is -0.271 e. The fourth-order valence-corrected chi connectivity index (χ4v) is 3.21. The number of hydrogen-bond acceptors (Lipinski definition) is 6. The molecule has 1 heterocycles. The van der Waals surface area contributed by atoms with Gasteiger partial charge in [0.15, 0.2) is 0 Å². The Balaban J connectivity index is 2.39. The van der Waals surface area contributed by atoms with E-state index in [2.05, 4.69) is 10.4 Å². The van der Waals surface area contributed by atoms with Gasteiger partial charge in [-0.1, -0.05) is 6.92 Å². The lowest BCUT2D eigenvalue weighted by Crippen LogP contribution is -2.37. The lowest BCUT2D eigenvalue weighted by atomic mass is 10.1. The molecule has 0 saturated carbocycles. The van der Waals surface area contributed by atoms with Crippen molar-refractivity contribution in [3.63, 3.8) is 0 Å². The Labute approximate surface area is 113 Å². The molecule has 0 spiro atoms. The van der Waals surface area contributed by atoms with Gasteiger partial charge in [0.25, 0.3) is 0 Å². The molecular formula is C11H21N3O2S2. The van der Waals surface area contributed by atoms with Crippen molar-refractivity contribution in [1.82, 2.24) is 10.4 Å². The second-order valence-electron chi connectivity index (χ2n) is 4.30. The van der Waals surface area contributed by atoms with E-state index in [4.69, 9.17) is 5.84 Å². The van der Waals surface area contributed by atoms with E-state index in [0.29, 0.717) is 6.42 Å². The van der Waals surface area contributed by atoms with Crippen LogP contribution < -0.4 is 11.3 Å². The van der Waals surface area contributed by atoms with E-state index in [1.807, 2.05) is 12.3 Å². The first-order chi connectivity index (χ1) is 8.46. The smallest absolute Gasteiger partial charge is 0.150 e. The van der Waals surface area contributed by atoms with Gasteiger partial charge < -0.3 is 0 Å². The molecule has 0 saturated heterocycles. The summed E-state index contributed by atoms with van der Waals surface area (Å²) < 4.78 is 22.7. The van der Waals surface area contributed by atoms with Gasteiger partial charge in [0, 0.05) is 23.6 Å². The Bertz CT molecular complexity index is 457. The molecule has 1 unspecified atom stereocenters. The molecule has 0 radical (unpaired) electrons. The highest BCUT2D eigenvalue weighted by molar-refractivity contribution is 7.91. The van der Waals surface area contributed by atoms with E-state index < -0.39 is 9.84 Å². The minimum absolute atomic E-state index is 0.0820. The van der Waals surface area contributed by atoms with E-state index >= 15 is 0 Å². The van der Waals surface area contributed by atoms with Crippen molar-refractivity contribution in [1.29, 1.82) is 0 Å². The summed E-state index contributed by atoms with van der Waals surface area (Å²) in [6.07, 6.45) is 2.12. The molecule has 1 aromatic rings. The summed E-state index contributed by atoms with van der Waals surface area (Å²) in [7, 11) is -2.87. The molecule has 1 rings (SSSR count). The largest absolute Gasteiger partial charge is 0.271 e. The molecule has 7 heteroatoms. The van der Waals surface area contributed by atoms with Gasteiger partial charge in [-0.15, -0.1) is 11.3 Å². The maximum Gasteiger partial charge on any atom is 0.150 e. The van der Waals surface area contributed by atoms with Crippen LogP contribution in [-0.4, -0.2) is 30.9 Å². The Hall–Kier alpha value is -0.500. The number of thiazole rings is 1. The molecule has 0 aliphatic heterocycles. The molecule has 3 N–H and O–H groups in total. The van der Waals surface area contributed by atoms with Crippen LogP contribution in [0.1, 0.15) is 30.5 Å². The minimum atomic E-state index is -2.87. The number of nitrogens with two attached hydrogens (primary N) is 1. The van der Waals surface area contributed by atoms with Crippen LogP contribution in [-0.2, 0) is 16.3 Å². The summed E-state index contributed by atoms with van der Waals surface area (Å²) in [4.78, 5) is 4.38. The monoisotopic (exact) mass is 291 g/mol. The highest BCUT2D eigenvalue weighted by Crippen LogP contribution is 2.12. The number of rotatable bonds is 8. The molecule has 0 amide bonds. The molecule has 5 nitrogen and oxygen atoms in total. The Morgan fingerprint density at radius 3 is 2.78 bits per heavy atom. The lowest BCUT2D eigenvalue weighted by molar-refractivity contribution is 0.481. The van der Waals surface area contributed by atoms with E-state index in [0.717, 1.165) is 23.5 Å². The summed E-state index contributed by atoms with van der Waals surface area (Å²) in [6.45, 7) is 3.64. The Kier molecular flexibility index (Phi) is 6.20. The molecule has 18 heavy (non-hydrogen) atoms. The third-order valence-corrected chi connectivity index (χ3v) is 5.42. The maximum absolute atomic E-state index is 11.4. The van der Waals surface area contributed by atoms with Crippen molar-refractivity contribution < 1.29 is 8.42 Å². The number of sulfone groups is 1. The van der Waals surface area contributed by atoms with E-state index in [-0.39, 0.29) is 17.5 Å².